The van der Waals surface area contributed by atoms with Crippen molar-refractivity contribution in [3.8, 4) is 0 Å². The lowest BCUT2D eigenvalue weighted by atomic mass is 9.79. The first-order chi connectivity index (χ1) is 10.1. The highest BCUT2D eigenvalue weighted by Gasteiger charge is 2.67. The van der Waals surface area contributed by atoms with Gasteiger partial charge in [0.2, 0.25) is 0 Å². The SMILES string of the molecule is NC(=S)N/N=C1\C[C@@H]2[C@@H]3C/C(=N\NC(N)=S)[C@@H]4[C@H]3C[C@H]2[C@@H]14. The van der Waals surface area contributed by atoms with E-state index in [4.69, 9.17) is 35.9 Å². The minimum absolute atomic E-state index is 0.227. The molecule has 0 saturated heterocycles. The van der Waals surface area contributed by atoms with Gasteiger partial charge in [0.05, 0.1) is 0 Å². The van der Waals surface area contributed by atoms with Crippen LogP contribution in [0.1, 0.15) is 19.3 Å². The van der Waals surface area contributed by atoms with Crippen LogP contribution in [0, 0.1) is 35.5 Å². The van der Waals surface area contributed by atoms with E-state index in [2.05, 4.69) is 21.1 Å². The van der Waals surface area contributed by atoms with Crippen molar-refractivity contribution in [2.24, 2.45) is 57.2 Å². The Balaban J connectivity index is 1.63. The molecule has 0 spiro atoms. The minimum atomic E-state index is 0.227. The fraction of sp³-hybridized carbons (Fsp3) is 0.692. The molecule has 6 nitrogen and oxygen atoms in total. The zero-order chi connectivity index (χ0) is 14.7. The predicted molar refractivity (Wildman–Crippen MR) is 89.5 cm³/mol. The summed E-state index contributed by atoms with van der Waals surface area (Å²) in [5.74, 6) is 4.00. The number of hydrogen-bond donors (Lipinski definition) is 4. The van der Waals surface area contributed by atoms with Crippen LogP contribution in [0.15, 0.2) is 10.2 Å². The molecule has 6 N–H and O–H groups in total. The van der Waals surface area contributed by atoms with Crippen molar-refractivity contribution >= 4 is 46.1 Å². The van der Waals surface area contributed by atoms with Crippen LogP contribution in [0.3, 0.4) is 0 Å². The summed E-state index contributed by atoms with van der Waals surface area (Å²) in [5, 5.41) is 9.39. The third-order valence-electron chi connectivity index (χ3n) is 5.78. The summed E-state index contributed by atoms with van der Waals surface area (Å²) in [6.45, 7) is 0. The van der Waals surface area contributed by atoms with Crippen LogP contribution in [0.5, 0.6) is 0 Å². The Bertz CT molecular complexity index is 531. The van der Waals surface area contributed by atoms with Crippen LogP contribution in [0.4, 0.5) is 0 Å². The Kier molecular flexibility index (Phi) is 2.94. The monoisotopic (exact) mass is 322 g/mol. The number of nitrogens with one attached hydrogen (secondary N) is 2. The third kappa shape index (κ3) is 1.88. The van der Waals surface area contributed by atoms with Crippen LogP contribution in [-0.2, 0) is 0 Å². The Morgan fingerprint density at radius 1 is 0.857 bits per heavy atom. The van der Waals surface area contributed by atoms with Gasteiger partial charge in [0, 0.05) is 23.3 Å². The normalized spacial score (nSPS) is 45.5. The molecule has 4 saturated carbocycles. The number of hydrogen-bond acceptors (Lipinski definition) is 4. The van der Waals surface area contributed by atoms with Crippen LogP contribution in [0.2, 0.25) is 0 Å². The van der Waals surface area contributed by atoms with E-state index < -0.39 is 0 Å². The van der Waals surface area contributed by atoms with Gasteiger partial charge in [-0.15, -0.1) is 0 Å². The first kappa shape index (κ1) is 13.4. The van der Waals surface area contributed by atoms with Crippen LogP contribution in [-0.4, -0.2) is 21.6 Å². The molecule has 21 heavy (non-hydrogen) atoms. The number of hydrazone groups is 2. The summed E-state index contributed by atoms with van der Waals surface area (Å²) in [6.07, 6.45) is 3.47. The van der Waals surface area contributed by atoms with E-state index in [1.165, 1.54) is 17.8 Å². The molecule has 0 aromatic heterocycles. The zero-order valence-electron chi connectivity index (χ0n) is 11.5. The summed E-state index contributed by atoms with van der Waals surface area (Å²) in [4.78, 5) is 0. The molecule has 4 aliphatic carbocycles. The highest BCUT2D eigenvalue weighted by molar-refractivity contribution is 7.80. The molecule has 0 aliphatic heterocycles. The van der Waals surface area contributed by atoms with E-state index in [-0.39, 0.29) is 10.2 Å². The quantitative estimate of drug-likeness (QED) is 0.430. The lowest BCUT2D eigenvalue weighted by Gasteiger charge is -2.24. The van der Waals surface area contributed by atoms with Crippen LogP contribution >= 0.6 is 24.4 Å². The maximum Gasteiger partial charge on any atom is 0.184 e. The van der Waals surface area contributed by atoms with E-state index in [9.17, 15) is 0 Å². The first-order valence-corrected chi connectivity index (χ1v) is 8.11. The summed E-state index contributed by atoms with van der Waals surface area (Å²) < 4.78 is 0. The van der Waals surface area contributed by atoms with Gasteiger partial charge in [0.25, 0.3) is 0 Å². The lowest BCUT2D eigenvalue weighted by Crippen LogP contribution is -2.31. The second kappa shape index (κ2) is 4.61. The fourth-order valence-electron chi connectivity index (χ4n) is 5.42. The smallest absolute Gasteiger partial charge is 0.184 e. The average Bonchev–Trinajstić information content (AvgIpc) is 3.03. The standard InChI is InChI=1S/C13H18N6S2/c14-12(20)18-16-8-2-4-5-3-9(17-19-13(15)21)11-7(5)1-6(4)10(8)11/h4-7,10-11H,1-3H2,(H3,14,18,20)(H3,15,19,21)/b16-8+,17-9+/t4-,5+,6-,7+,10-,11-/m0/s1. The number of rotatable bonds is 2. The second-order valence-corrected chi connectivity index (χ2v) is 7.39. The highest BCUT2D eigenvalue weighted by Crippen LogP contribution is 2.68. The van der Waals surface area contributed by atoms with E-state index in [1.54, 1.807) is 0 Å². The predicted octanol–water partition coefficient (Wildman–Crippen LogP) is 0.287. The first-order valence-electron chi connectivity index (χ1n) is 7.30. The molecular weight excluding hydrogens is 304 g/mol. The number of nitrogens with two attached hydrogens (primary N) is 2. The van der Waals surface area contributed by atoms with Crippen LogP contribution in [0.25, 0.3) is 0 Å². The number of nitrogens with zero attached hydrogens (tertiary/aromatic N) is 2. The molecule has 0 aromatic carbocycles. The lowest BCUT2D eigenvalue weighted by molar-refractivity contribution is 0.242. The molecule has 4 rings (SSSR count). The minimum Gasteiger partial charge on any atom is -0.375 e. The molecule has 0 heterocycles. The van der Waals surface area contributed by atoms with Crippen LogP contribution < -0.4 is 22.3 Å². The molecule has 0 aromatic rings. The molecule has 8 heteroatoms. The topological polar surface area (TPSA) is 101 Å². The third-order valence-corrected chi connectivity index (χ3v) is 5.96. The van der Waals surface area contributed by atoms with Gasteiger partial charge >= 0.3 is 0 Å². The summed E-state index contributed by atoms with van der Waals surface area (Å²) in [5.41, 5.74) is 18.9. The molecule has 0 unspecified atom stereocenters. The summed E-state index contributed by atoms with van der Waals surface area (Å²) in [6, 6.07) is 0. The van der Waals surface area contributed by atoms with Crippen molar-refractivity contribution in [2.75, 3.05) is 0 Å². The van der Waals surface area contributed by atoms with Gasteiger partial charge in [-0.3, -0.25) is 10.9 Å². The largest absolute Gasteiger partial charge is 0.375 e. The maximum absolute atomic E-state index is 5.49. The molecule has 2 bridgehead atoms. The van der Waals surface area contributed by atoms with Crippen molar-refractivity contribution in [3.05, 3.63) is 0 Å². The van der Waals surface area contributed by atoms with E-state index in [1.807, 2.05) is 0 Å². The van der Waals surface area contributed by atoms with Crippen molar-refractivity contribution in [1.29, 1.82) is 0 Å². The maximum atomic E-state index is 5.49. The van der Waals surface area contributed by atoms with Gasteiger partial charge in [-0.2, -0.15) is 10.2 Å². The highest BCUT2D eigenvalue weighted by atomic mass is 32.1. The number of fused-ring (bicyclic) bond motifs is 2. The van der Waals surface area contributed by atoms with Crippen molar-refractivity contribution < 1.29 is 0 Å². The van der Waals surface area contributed by atoms with Crippen molar-refractivity contribution in [1.82, 2.24) is 10.9 Å². The van der Waals surface area contributed by atoms with Crippen molar-refractivity contribution in [3.63, 3.8) is 0 Å². The van der Waals surface area contributed by atoms with Gasteiger partial charge in [0.15, 0.2) is 10.2 Å². The average molecular weight is 322 g/mol. The van der Waals surface area contributed by atoms with E-state index >= 15 is 0 Å². The number of thiocarbonyl (C=S) groups is 2. The zero-order valence-corrected chi connectivity index (χ0v) is 13.1. The molecule has 4 aliphatic rings. The van der Waals surface area contributed by atoms with Gasteiger partial charge in [-0.25, -0.2) is 0 Å². The summed E-state index contributed by atoms with van der Waals surface area (Å²) >= 11 is 9.70. The summed E-state index contributed by atoms with van der Waals surface area (Å²) in [7, 11) is 0. The molecule has 0 amide bonds. The van der Waals surface area contributed by atoms with Gasteiger partial charge < -0.3 is 11.5 Å². The molecule has 6 atom stereocenters. The fourth-order valence-corrected chi connectivity index (χ4v) is 5.51. The Hall–Kier alpha value is -1.28. The van der Waals surface area contributed by atoms with Gasteiger partial charge in [-0.05, 0) is 67.4 Å². The van der Waals surface area contributed by atoms with Gasteiger partial charge in [-0.1, -0.05) is 0 Å². The Labute approximate surface area is 133 Å². The molecule has 112 valence electrons. The Morgan fingerprint density at radius 2 is 1.29 bits per heavy atom. The van der Waals surface area contributed by atoms with Crippen molar-refractivity contribution in [2.45, 2.75) is 19.3 Å². The molecule has 4 fully saturated rings. The van der Waals surface area contributed by atoms with E-state index in [0.717, 1.165) is 36.5 Å². The molecular formula is C13H18N6S2. The molecule has 0 radical (unpaired) electrons. The van der Waals surface area contributed by atoms with E-state index in [0.29, 0.717) is 11.8 Å². The Morgan fingerprint density at radius 3 is 1.67 bits per heavy atom. The van der Waals surface area contributed by atoms with Gasteiger partial charge in [0.1, 0.15) is 0 Å². The second-order valence-electron chi connectivity index (χ2n) is 6.51.